The molecule has 7 heteroatoms. The lowest BCUT2D eigenvalue weighted by atomic mass is 10.6. The summed E-state index contributed by atoms with van der Waals surface area (Å²) >= 11 is 1.56. The van der Waals surface area contributed by atoms with Gasteiger partial charge in [-0.2, -0.15) is 0 Å². The minimum absolute atomic E-state index is 0.499. The van der Waals surface area contributed by atoms with Gasteiger partial charge in [-0.15, -0.1) is 10.2 Å². The van der Waals surface area contributed by atoms with Gasteiger partial charge >= 0.3 is 0 Å². The van der Waals surface area contributed by atoms with Gasteiger partial charge in [0.2, 0.25) is 0 Å². The molecule has 0 saturated carbocycles. The lowest BCUT2D eigenvalue weighted by Gasteiger charge is -2.00. The van der Waals surface area contributed by atoms with Crippen molar-refractivity contribution in [3.05, 3.63) is 10.0 Å². The fourth-order valence-corrected chi connectivity index (χ4v) is 1.84. The summed E-state index contributed by atoms with van der Waals surface area (Å²) in [4.78, 5) is 0. The summed E-state index contributed by atoms with van der Waals surface area (Å²) in [6.45, 7) is 3.92. The summed E-state index contributed by atoms with van der Waals surface area (Å²) in [5, 5.41) is 13.2. The summed E-state index contributed by atoms with van der Waals surface area (Å²) < 4.78 is 15.2. The first-order chi connectivity index (χ1) is 8.36. The van der Waals surface area contributed by atoms with Gasteiger partial charge in [-0.25, -0.2) is 0 Å². The van der Waals surface area contributed by atoms with Gasteiger partial charge in [-0.05, 0) is 0 Å². The van der Waals surface area contributed by atoms with Gasteiger partial charge in [0, 0.05) is 27.3 Å². The van der Waals surface area contributed by atoms with Crippen molar-refractivity contribution < 1.29 is 14.2 Å². The van der Waals surface area contributed by atoms with E-state index in [9.17, 15) is 0 Å². The summed E-state index contributed by atoms with van der Waals surface area (Å²) in [6, 6.07) is 0. The Labute approximate surface area is 105 Å². The van der Waals surface area contributed by atoms with Gasteiger partial charge in [0.05, 0.1) is 19.8 Å². The molecule has 1 aromatic heterocycles. The van der Waals surface area contributed by atoms with E-state index in [-0.39, 0.29) is 0 Å². The molecule has 0 saturated heterocycles. The van der Waals surface area contributed by atoms with Crippen LogP contribution in [-0.4, -0.2) is 50.8 Å². The van der Waals surface area contributed by atoms with Crippen LogP contribution in [0.5, 0.6) is 0 Å². The van der Waals surface area contributed by atoms with Gasteiger partial charge in [-0.3, -0.25) is 0 Å². The highest BCUT2D eigenvalue weighted by atomic mass is 32.1. The lowest BCUT2D eigenvalue weighted by molar-refractivity contribution is 0.0613. The largest absolute Gasteiger partial charge is 0.383 e. The Morgan fingerprint density at radius 2 is 1.82 bits per heavy atom. The number of aromatic nitrogens is 2. The molecule has 17 heavy (non-hydrogen) atoms. The maximum atomic E-state index is 5.36. The first kappa shape index (κ1) is 14.5. The molecule has 0 aromatic carbocycles. The van der Waals surface area contributed by atoms with Gasteiger partial charge in [0.25, 0.3) is 0 Å². The molecule has 1 N–H and O–H groups in total. The Kier molecular flexibility index (Phi) is 8.02. The normalized spacial score (nSPS) is 10.9. The number of nitrogens with one attached hydrogen (secondary N) is 1. The molecule has 1 heterocycles. The standard InChI is InChI=1S/C10H19N3O3S/c1-14-4-3-11-7-9-12-13-10(17-9)8-16-6-5-15-2/h11H,3-8H2,1-2H3. The number of hydrogen-bond donors (Lipinski definition) is 1. The zero-order valence-electron chi connectivity index (χ0n) is 10.3. The maximum Gasteiger partial charge on any atom is 0.143 e. The number of nitrogens with zero attached hydrogens (tertiary/aromatic N) is 2. The third kappa shape index (κ3) is 6.64. The Morgan fingerprint density at radius 3 is 2.59 bits per heavy atom. The highest BCUT2D eigenvalue weighted by Gasteiger charge is 2.03. The quantitative estimate of drug-likeness (QED) is 0.616. The fraction of sp³-hybridized carbons (Fsp3) is 0.800. The second kappa shape index (κ2) is 9.43. The molecule has 0 amide bonds. The average Bonchev–Trinajstić information content (AvgIpc) is 2.78. The van der Waals surface area contributed by atoms with Crippen molar-refractivity contribution in [1.29, 1.82) is 0 Å². The predicted molar refractivity (Wildman–Crippen MR) is 65.0 cm³/mol. The van der Waals surface area contributed by atoms with Crippen LogP contribution >= 0.6 is 11.3 Å². The molecule has 0 fully saturated rings. The van der Waals surface area contributed by atoms with E-state index in [4.69, 9.17) is 14.2 Å². The number of ether oxygens (including phenoxy) is 3. The molecule has 6 nitrogen and oxygen atoms in total. The molecule has 1 aromatic rings. The van der Waals surface area contributed by atoms with Crippen molar-refractivity contribution >= 4 is 11.3 Å². The highest BCUT2D eigenvalue weighted by Crippen LogP contribution is 2.10. The highest BCUT2D eigenvalue weighted by molar-refractivity contribution is 7.11. The zero-order chi connectivity index (χ0) is 12.3. The average molecular weight is 261 g/mol. The molecule has 1 rings (SSSR count). The van der Waals surface area contributed by atoms with Crippen LogP contribution < -0.4 is 5.32 Å². The van der Waals surface area contributed by atoms with Crippen LogP contribution in [0.1, 0.15) is 10.0 Å². The van der Waals surface area contributed by atoms with Gasteiger partial charge in [0.1, 0.15) is 16.6 Å². The van der Waals surface area contributed by atoms with Gasteiger partial charge in [0.15, 0.2) is 0 Å². The zero-order valence-corrected chi connectivity index (χ0v) is 11.1. The molecular formula is C10H19N3O3S. The lowest BCUT2D eigenvalue weighted by Crippen LogP contribution is -2.18. The number of hydrogen-bond acceptors (Lipinski definition) is 7. The van der Waals surface area contributed by atoms with E-state index in [1.54, 1.807) is 25.6 Å². The number of rotatable bonds is 10. The van der Waals surface area contributed by atoms with Crippen LogP contribution in [0.4, 0.5) is 0 Å². The molecule has 0 aliphatic carbocycles. The van der Waals surface area contributed by atoms with Crippen LogP contribution in [0.25, 0.3) is 0 Å². The summed E-state index contributed by atoms with van der Waals surface area (Å²) in [7, 11) is 3.33. The van der Waals surface area contributed by atoms with Gasteiger partial charge in [-0.1, -0.05) is 11.3 Å². The smallest absolute Gasteiger partial charge is 0.143 e. The maximum absolute atomic E-state index is 5.36. The minimum atomic E-state index is 0.499. The fourth-order valence-electron chi connectivity index (χ4n) is 1.09. The molecule has 0 radical (unpaired) electrons. The minimum Gasteiger partial charge on any atom is -0.383 e. The van der Waals surface area contributed by atoms with Crippen LogP contribution in [0.3, 0.4) is 0 Å². The third-order valence-electron chi connectivity index (χ3n) is 1.93. The summed E-state index contributed by atoms with van der Waals surface area (Å²) in [5.74, 6) is 0. The first-order valence-electron chi connectivity index (χ1n) is 5.44. The Bertz CT molecular complexity index is 270. The van der Waals surface area contributed by atoms with E-state index >= 15 is 0 Å². The molecule has 0 aliphatic rings. The molecule has 0 unspecified atom stereocenters. The topological polar surface area (TPSA) is 65.5 Å². The van der Waals surface area contributed by atoms with Crippen LogP contribution in [0.15, 0.2) is 0 Å². The van der Waals surface area contributed by atoms with E-state index < -0.39 is 0 Å². The Hall–Kier alpha value is -0.600. The SMILES string of the molecule is COCCNCc1nnc(COCCOC)s1. The molecular weight excluding hydrogens is 242 g/mol. The Morgan fingerprint density at radius 1 is 1.06 bits per heavy atom. The van der Waals surface area contributed by atoms with Gasteiger partial charge < -0.3 is 19.5 Å². The summed E-state index contributed by atoms with van der Waals surface area (Å²) in [5.41, 5.74) is 0. The molecule has 98 valence electrons. The first-order valence-corrected chi connectivity index (χ1v) is 6.26. The van der Waals surface area contributed by atoms with Crippen molar-refractivity contribution in [3.8, 4) is 0 Å². The van der Waals surface area contributed by atoms with Crippen LogP contribution in [0, 0.1) is 0 Å². The monoisotopic (exact) mass is 261 g/mol. The van der Waals surface area contributed by atoms with E-state index in [2.05, 4.69) is 15.5 Å². The van der Waals surface area contributed by atoms with Crippen LogP contribution in [0.2, 0.25) is 0 Å². The second-order valence-corrected chi connectivity index (χ2v) is 4.45. The van der Waals surface area contributed by atoms with E-state index in [0.717, 1.165) is 23.1 Å². The van der Waals surface area contributed by atoms with E-state index in [1.807, 2.05) is 0 Å². The molecule has 0 atom stereocenters. The van der Waals surface area contributed by atoms with Crippen molar-refractivity contribution in [1.82, 2.24) is 15.5 Å². The number of methoxy groups -OCH3 is 2. The van der Waals surface area contributed by atoms with Crippen molar-refractivity contribution in [3.63, 3.8) is 0 Å². The molecule has 0 bridgehead atoms. The Balaban J connectivity index is 2.14. The second-order valence-electron chi connectivity index (χ2n) is 3.30. The van der Waals surface area contributed by atoms with Crippen molar-refractivity contribution in [2.45, 2.75) is 13.2 Å². The van der Waals surface area contributed by atoms with Crippen molar-refractivity contribution in [2.75, 3.05) is 40.6 Å². The van der Waals surface area contributed by atoms with Crippen molar-refractivity contribution in [2.24, 2.45) is 0 Å². The van der Waals surface area contributed by atoms with E-state index in [1.165, 1.54) is 0 Å². The predicted octanol–water partition coefficient (Wildman–Crippen LogP) is 0.437. The third-order valence-corrected chi connectivity index (χ3v) is 2.82. The molecule has 0 aliphatic heterocycles. The molecule has 0 spiro atoms. The van der Waals surface area contributed by atoms with E-state index in [0.29, 0.717) is 26.4 Å². The van der Waals surface area contributed by atoms with Crippen LogP contribution in [-0.2, 0) is 27.4 Å². The summed E-state index contributed by atoms with van der Waals surface area (Å²) in [6.07, 6.45) is 0.